The molecule has 2 atom stereocenters. The predicted octanol–water partition coefficient (Wildman–Crippen LogP) is 1.35. The van der Waals surface area contributed by atoms with Crippen LogP contribution < -0.4 is 0 Å². The van der Waals surface area contributed by atoms with Gasteiger partial charge in [0.05, 0.1) is 24.7 Å². The Labute approximate surface area is 140 Å². The van der Waals surface area contributed by atoms with Crippen molar-refractivity contribution in [2.75, 3.05) is 45.9 Å². The Bertz CT molecular complexity index is 414. The van der Waals surface area contributed by atoms with Gasteiger partial charge in [0.15, 0.2) is 0 Å². The van der Waals surface area contributed by atoms with Crippen molar-refractivity contribution in [2.24, 2.45) is 17.8 Å². The summed E-state index contributed by atoms with van der Waals surface area (Å²) in [6.45, 7) is 9.69. The van der Waals surface area contributed by atoms with Crippen molar-refractivity contribution in [1.29, 1.82) is 0 Å². The van der Waals surface area contributed by atoms with Crippen LogP contribution in [0.15, 0.2) is 0 Å². The number of ether oxygens (including phenoxy) is 1. The zero-order valence-electron chi connectivity index (χ0n) is 14.7. The number of carbonyl (C=O) groups is 1. The Morgan fingerprint density at radius 2 is 1.83 bits per heavy atom. The molecule has 3 aliphatic rings. The van der Waals surface area contributed by atoms with Crippen LogP contribution in [0.1, 0.15) is 39.5 Å². The van der Waals surface area contributed by atoms with E-state index < -0.39 is 5.60 Å². The number of rotatable bonds is 3. The fraction of sp³-hybridized carbons (Fsp3) is 0.944. The van der Waals surface area contributed by atoms with E-state index in [1.165, 1.54) is 0 Å². The van der Waals surface area contributed by atoms with Gasteiger partial charge in [-0.25, -0.2) is 0 Å². The molecule has 2 aliphatic heterocycles. The molecule has 3 rings (SSSR count). The average Bonchev–Trinajstić information content (AvgIpc) is 2.91. The first-order valence-corrected chi connectivity index (χ1v) is 9.28. The summed E-state index contributed by atoms with van der Waals surface area (Å²) in [4.78, 5) is 17.0. The summed E-state index contributed by atoms with van der Waals surface area (Å²) in [6.07, 6.45) is 4.05. The maximum absolute atomic E-state index is 12.8. The van der Waals surface area contributed by atoms with Gasteiger partial charge in [0.1, 0.15) is 0 Å². The third-order valence-electron chi connectivity index (χ3n) is 6.05. The lowest BCUT2D eigenvalue weighted by Gasteiger charge is -2.37. The van der Waals surface area contributed by atoms with Crippen LogP contribution in [0.5, 0.6) is 0 Å². The van der Waals surface area contributed by atoms with Crippen molar-refractivity contribution >= 4 is 5.91 Å². The van der Waals surface area contributed by atoms with Gasteiger partial charge in [-0.1, -0.05) is 13.8 Å². The van der Waals surface area contributed by atoms with E-state index in [-0.39, 0.29) is 11.8 Å². The third kappa shape index (κ3) is 4.06. The molecule has 0 spiro atoms. The summed E-state index contributed by atoms with van der Waals surface area (Å²) in [7, 11) is 0. The van der Waals surface area contributed by atoms with Crippen LogP contribution in [0.25, 0.3) is 0 Å². The lowest BCUT2D eigenvalue weighted by atomic mass is 9.79. The Hall–Kier alpha value is -0.650. The molecule has 132 valence electrons. The minimum atomic E-state index is -0.539. The van der Waals surface area contributed by atoms with Crippen LogP contribution in [0.2, 0.25) is 0 Å². The largest absolute Gasteiger partial charge is 0.389 e. The van der Waals surface area contributed by atoms with Crippen LogP contribution >= 0.6 is 0 Å². The second-order valence-corrected chi connectivity index (χ2v) is 8.12. The molecule has 1 amide bonds. The molecule has 5 heteroatoms. The van der Waals surface area contributed by atoms with Gasteiger partial charge in [-0.15, -0.1) is 0 Å². The number of amides is 1. The number of hydrogen-bond donors (Lipinski definition) is 1. The van der Waals surface area contributed by atoms with Crippen LogP contribution in [-0.4, -0.2) is 72.4 Å². The fourth-order valence-electron chi connectivity index (χ4n) is 4.41. The standard InChI is InChI=1S/C18H32N2O3/c1-14-3-5-18(22,6-4-14)13-19-11-15(2)16(12-19)17(21)20-7-9-23-10-8-20/h14-16,22H,3-13H2,1-2H3/t14?,15-,16-,18?/m1/s1. The summed E-state index contributed by atoms with van der Waals surface area (Å²) in [6, 6.07) is 0. The Morgan fingerprint density at radius 3 is 2.48 bits per heavy atom. The molecular weight excluding hydrogens is 292 g/mol. The molecule has 0 unspecified atom stereocenters. The first kappa shape index (κ1) is 17.2. The van der Waals surface area contributed by atoms with Gasteiger partial charge < -0.3 is 14.7 Å². The summed E-state index contributed by atoms with van der Waals surface area (Å²) in [5.41, 5.74) is -0.539. The van der Waals surface area contributed by atoms with Crippen molar-refractivity contribution in [3.8, 4) is 0 Å². The van der Waals surface area contributed by atoms with Crippen LogP contribution in [-0.2, 0) is 9.53 Å². The molecule has 23 heavy (non-hydrogen) atoms. The quantitative estimate of drug-likeness (QED) is 0.851. The zero-order chi connectivity index (χ0) is 16.4. The number of hydrogen-bond acceptors (Lipinski definition) is 4. The molecule has 0 aromatic rings. The molecule has 1 N–H and O–H groups in total. The van der Waals surface area contributed by atoms with Gasteiger partial charge in [-0.3, -0.25) is 9.69 Å². The number of likely N-dealkylation sites (tertiary alicyclic amines) is 1. The maximum atomic E-state index is 12.8. The second-order valence-electron chi connectivity index (χ2n) is 8.12. The van der Waals surface area contributed by atoms with E-state index in [4.69, 9.17) is 4.74 Å². The monoisotopic (exact) mass is 324 g/mol. The molecule has 0 radical (unpaired) electrons. The molecule has 1 saturated carbocycles. The molecule has 0 aromatic heterocycles. The Morgan fingerprint density at radius 1 is 1.17 bits per heavy atom. The SMILES string of the molecule is CC1CCC(O)(CN2C[C@@H](C)[C@H](C(=O)N3CCOCC3)C2)CC1. The molecule has 3 fully saturated rings. The third-order valence-corrected chi connectivity index (χ3v) is 6.05. The van der Waals surface area contributed by atoms with Crippen molar-refractivity contribution in [1.82, 2.24) is 9.80 Å². The molecule has 0 bridgehead atoms. The van der Waals surface area contributed by atoms with Gasteiger partial charge in [-0.2, -0.15) is 0 Å². The highest BCUT2D eigenvalue weighted by Gasteiger charge is 2.41. The van der Waals surface area contributed by atoms with E-state index in [0.717, 1.165) is 64.3 Å². The van der Waals surface area contributed by atoms with E-state index in [1.54, 1.807) is 0 Å². The number of β-amino-alcohol motifs (C(OH)–C–C–N with tert-alkyl or cyclic N) is 1. The number of aliphatic hydroxyl groups is 1. The highest BCUT2D eigenvalue weighted by atomic mass is 16.5. The first-order valence-electron chi connectivity index (χ1n) is 9.28. The molecule has 1 aliphatic carbocycles. The molecule has 0 aromatic carbocycles. The normalized spacial score (nSPS) is 39.6. The van der Waals surface area contributed by atoms with Crippen LogP contribution in [0.4, 0.5) is 0 Å². The average molecular weight is 324 g/mol. The van der Waals surface area contributed by atoms with E-state index in [2.05, 4.69) is 18.7 Å². The van der Waals surface area contributed by atoms with Gasteiger partial charge in [-0.05, 0) is 37.5 Å². The Kier molecular flexibility index (Phi) is 5.29. The van der Waals surface area contributed by atoms with Gasteiger partial charge in [0, 0.05) is 32.7 Å². The molecule has 2 heterocycles. The van der Waals surface area contributed by atoms with Gasteiger partial charge in [0.2, 0.25) is 5.91 Å². The van der Waals surface area contributed by atoms with Gasteiger partial charge >= 0.3 is 0 Å². The number of carbonyl (C=O) groups excluding carboxylic acids is 1. The molecular formula is C18H32N2O3. The topological polar surface area (TPSA) is 53.0 Å². The summed E-state index contributed by atoms with van der Waals surface area (Å²) < 4.78 is 5.35. The minimum Gasteiger partial charge on any atom is -0.389 e. The maximum Gasteiger partial charge on any atom is 0.227 e. The lowest BCUT2D eigenvalue weighted by molar-refractivity contribution is -0.140. The molecule has 5 nitrogen and oxygen atoms in total. The van der Waals surface area contributed by atoms with E-state index in [9.17, 15) is 9.90 Å². The lowest BCUT2D eigenvalue weighted by Crippen LogP contribution is -2.46. The van der Waals surface area contributed by atoms with Crippen molar-refractivity contribution in [3.63, 3.8) is 0 Å². The smallest absolute Gasteiger partial charge is 0.227 e. The second kappa shape index (κ2) is 7.08. The minimum absolute atomic E-state index is 0.0826. The van der Waals surface area contributed by atoms with Crippen molar-refractivity contribution < 1.29 is 14.6 Å². The van der Waals surface area contributed by atoms with Crippen molar-refractivity contribution in [2.45, 2.75) is 45.1 Å². The van der Waals surface area contributed by atoms with Crippen LogP contribution in [0, 0.1) is 17.8 Å². The van der Waals surface area contributed by atoms with Crippen molar-refractivity contribution in [3.05, 3.63) is 0 Å². The Balaban J connectivity index is 1.54. The highest BCUT2D eigenvalue weighted by molar-refractivity contribution is 5.79. The van der Waals surface area contributed by atoms with Crippen LogP contribution in [0.3, 0.4) is 0 Å². The fourth-order valence-corrected chi connectivity index (χ4v) is 4.41. The first-order chi connectivity index (χ1) is 11.0. The zero-order valence-corrected chi connectivity index (χ0v) is 14.7. The van der Waals surface area contributed by atoms with Gasteiger partial charge in [0.25, 0.3) is 0 Å². The number of nitrogens with zero attached hydrogens (tertiary/aromatic N) is 2. The molecule has 2 saturated heterocycles. The van der Waals surface area contributed by atoms with E-state index in [0.29, 0.717) is 19.1 Å². The summed E-state index contributed by atoms with van der Waals surface area (Å²) in [5, 5.41) is 10.9. The highest BCUT2D eigenvalue weighted by Crippen LogP contribution is 2.34. The summed E-state index contributed by atoms with van der Waals surface area (Å²) in [5.74, 6) is 1.48. The van der Waals surface area contributed by atoms with E-state index in [1.807, 2.05) is 4.90 Å². The summed E-state index contributed by atoms with van der Waals surface area (Å²) >= 11 is 0. The number of morpholine rings is 1. The predicted molar refractivity (Wildman–Crippen MR) is 89.1 cm³/mol. The van der Waals surface area contributed by atoms with E-state index >= 15 is 0 Å².